The summed E-state index contributed by atoms with van der Waals surface area (Å²) >= 11 is 8.44. The van der Waals surface area contributed by atoms with E-state index in [1.807, 2.05) is 30.3 Å². The van der Waals surface area contributed by atoms with E-state index in [2.05, 4.69) is 26.6 Å². The molecule has 1 aromatic heterocycles. The number of hydrogen-bond donors (Lipinski definition) is 2. The van der Waals surface area contributed by atoms with Gasteiger partial charge in [-0.2, -0.15) is 0 Å². The van der Waals surface area contributed by atoms with E-state index < -0.39 is 17.9 Å². The molecule has 1 saturated heterocycles. The molecule has 31 heavy (non-hydrogen) atoms. The zero-order valence-electron chi connectivity index (χ0n) is 16.6. The Bertz CT molecular complexity index is 950. The quantitative estimate of drug-likeness (QED) is 0.337. The van der Waals surface area contributed by atoms with Gasteiger partial charge >= 0.3 is 5.97 Å². The summed E-state index contributed by atoms with van der Waals surface area (Å²) in [5, 5.41) is 5.31. The number of esters is 1. The van der Waals surface area contributed by atoms with Crippen LogP contribution in [0.3, 0.4) is 0 Å². The number of carbonyl (C=O) groups is 3. The van der Waals surface area contributed by atoms with E-state index in [0.717, 1.165) is 6.42 Å². The number of amides is 2. The van der Waals surface area contributed by atoms with Crippen LogP contribution in [-0.2, 0) is 20.7 Å². The molecule has 2 heterocycles. The summed E-state index contributed by atoms with van der Waals surface area (Å²) < 4.78 is 10.9. The largest absolute Gasteiger partial charge is 0.466 e. The Morgan fingerprint density at radius 2 is 2.03 bits per heavy atom. The lowest BCUT2D eigenvalue weighted by atomic mass is 10.1. The first-order valence-corrected chi connectivity index (χ1v) is 11.0. The lowest BCUT2D eigenvalue weighted by Gasteiger charge is -2.36. The molecule has 0 saturated carbocycles. The third-order valence-electron chi connectivity index (χ3n) is 4.68. The molecule has 8 nitrogen and oxygen atoms in total. The Hall–Kier alpha value is -2.72. The molecular weight excluding hydrogens is 486 g/mol. The maximum atomic E-state index is 12.4. The number of furan rings is 1. The van der Waals surface area contributed by atoms with Crippen LogP contribution in [0, 0.1) is 0 Å². The van der Waals surface area contributed by atoms with Crippen LogP contribution in [0.5, 0.6) is 0 Å². The Labute approximate surface area is 193 Å². The zero-order chi connectivity index (χ0) is 22.2. The maximum absolute atomic E-state index is 12.4. The molecule has 0 aliphatic carbocycles. The SMILES string of the molecule is O=C(CC1C(=O)NCCN1C(=S)NC(=O)c1ccc(Br)o1)OCCCc1ccccc1. The molecule has 1 atom stereocenters. The highest BCUT2D eigenvalue weighted by Crippen LogP contribution is 2.15. The van der Waals surface area contributed by atoms with Crippen molar-refractivity contribution in [3.8, 4) is 0 Å². The van der Waals surface area contributed by atoms with Crippen molar-refractivity contribution in [3.05, 3.63) is 58.5 Å². The lowest BCUT2D eigenvalue weighted by molar-refractivity contribution is -0.147. The minimum Gasteiger partial charge on any atom is -0.466 e. The molecule has 1 unspecified atom stereocenters. The predicted molar refractivity (Wildman–Crippen MR) is 120 cm³/mol. The molecule has 1 aromatic carbocycles. The van der Waals surface area contributed by atoms with E-state index in [0.29, 0.717) is 24.2 Å². The molecule has 2 aromatic rings. The highest BCUT2D eigenvalue weighted by molar-refractivity contribution is 9.10. The van der Waals surface area contributed by atoms with Gasteiger partial charge in [0.15, 0.2) is 15.5 Å². The summed E-state index contributed by atoms with van der Waals surface area (Å²) in [6.07, 6.45) is 1.31. The summed E-state index contributed by atoms with van der Waals surface area (Å²) in [4.78, 5) is 38.5. The van der Waals surface area contributed by atoms with Crippen LogP contribution in [0.1, 0.15) is 29.0 Å². The van der Waals surface area contributed by atoms with E-state index in [1.54, 1.807) is 6.07 Å². The van der Waals surface area contributed by atoms with Crippen molar-refractivity contribution in [1.82, 2.24) is 15.5 Å². The van der Waals surface area contributed by atoms with Crippen LogP contribution >= 0.6 is 28.1 Å². The number of ether oxygens (including phenoxy) is 1. The van der Waals surface area contributed by atoms with Gasteiger partial charge in [-0.15, -0.1) is 0 Å². The van der Waals surface area contributed by atoms with Crippen LogP contribution in [0.4, 0.5) is 0 Å². The molecule has 0 spiro atoms. The summed E-state index contributed by atoms with van der Waals surface area (Å²) in [5.41, 5.74) is 1.17. The van der Waals surface area contributed by atoms with Crippen molar-refractivity contribution in [2.24, 2.45) is 0 Å². The molecule has 0 radical (unpaired) electrons. The molecular formula is C21H22BrN3O5S. The topological polar surface area (TPSA) is 101 Å². The third-order valence-corrected chi connectivity index (χ3v) is 5.45. The van der Waals surface area contributed by atoms with Gasteiger partial charge in [-0.3, -0.25) is 19.7 Å². The number of thiocarbonyl (C=S) groups is 1. The molecule has 10 heteroatoms. The Kier molecular flexibility index (Phi) is 8.19. The maximum Gasteiger partial charge on any atom is 0.308 e. The standard InChI is InChI=1S/C21H22BrN3O5S/c22-17-9-8-16(30-17)20(28)24-21(31)25-11-10-23-19(27)15(25)13-18(26)29-12-4-7-14-5-2-1-3-6-14/h1-3,5-6,8-9,15H,4,7,10-13H2,(H,23,27)(H,24,28,31). The second kappa shape index (κ2) is 11.1. The lowest BCUT2D eigenvalue weighted by Crippen LogP contribution is -2.60. The van der Waals surface area contributed by atoms with Gasteiger partial charge in [0.1, 0.15) is 6.04 Å². The van der Waals surface area contributed by atoms with Gasteiger partial charge < -0.3 is 19.4 Å². The van der Waals surface area contributed by atoms with Crippen molar-refractivity contribution in [3.63, 3.8) is 0 Å². The number of nitrogens with one attached hydrogen (secondary N) is 2. The molecule has 1 aliphatic rings. The second-order valence-electron chi connectivity index (χ2n) is 6.88. The van der Waals surface area contributed by atoms with Gasteiger partial charge in [-0.25, -0.2) is 0 Å². The fourth-order valence-electron chi connectivity index (χ4n) is 3.15. The molecule has 2 N–H and O–H groups in total. The van der Waals surface area contributed by atoms with Gasteiger partial charge in [-0.1, -0.05) is 30.3 Å². The molecule has 1 fully saturated rings. The number of aryl methyl sites for hydroxylation is 1. The highest BCUT2D eigenvalue weighted by atomic mass is 79.9. The third kappa shape index (κ3) is 6.63. The number of nitrogens with zero attached hydrogens (tertiary/aromatic N) is 1. The second-order valence-corrected chi connectivity index (χ2v) is 8.05. The number of carbonyl (C=O) groups excluding carboxylic acids is 3. The van der Waals surface area contributed by atoms with Crippen molar-refractivity contribution in [2.45, 2.75) is 25.3 Å². The highest BCUT2D eigenvalue weighted by Gasteiger charge is 2.34. The number of benzene rings is 1. The molecule has 1 aliphatic heterocycles. The van der Waals surface area contributed by atoms with Crippen LogP contribution in [0.15, 0.2) is 51.6 Å². The van der Waals surface area contributed by atoms with Crippen molar-refractivity contribution in [2.75, 3.05) is 19.7 Å². The van der Waals surface area contributed by atoms with Gasteiger partial charge in [0.2, 0.25) is 5.91 Å². The van der Waals surface area contributed by atoms with Gasteiger partial charge in [-0.05, 0) is 58.7 Å². The smallest absolute Gasteiger partial charge is 0.308 e. The van der Waals surface area contributed by atoms with Crippen molar-refractivity contribution < 1.29 is 23.5 Å². The minimum atomic E-state index is -0.855. The molecule has 2 amide bonds. The van der Waals surface area contributed by atoms with Gasteiger partial charge in [0, 0.05) is 13.1 Å². The number of rotatable bonds is 7. The van der Waals surface area contributed by atoms with E-state index in [4.69, 9.17) is 21.4 Å². The van der Waals surface area contributed by atoms with Crippen LogP contribution < -0.4 is 10.6 Å². The zero-order valence-corrected chi connectivity index (χ0v) is 19.0. The summed E-state index contributed by atoms with van der Waals surface area (Å²) in [6.45, 7) is 0.971. The first kappa shape index (κ1) is 23.0. The van der Waals surface area contributed by atoms with Crippen LogP contribution in [0.2, 0.25) is 0 Å². The Morgan fingerprint density at radius 3 is 2.74 bits per heavy atom. The number of hydrogen-bond acceptors (Lipinski definition) is 6. The van der Waals surface area contributed by atoms with Crippen molar-refractivity contribution >= 4 is 51.0 Å². The monoisotopic (exact) mass is 507 g/mol. The number of halogens is 1. The summed E-state index contributed by atoms with van der Waals surface area (Å²) in [5.74, 6) is -1.30. The van der Waals surface area contributed by atoms with Gasteiger partial charge in [0.25, 0.3) is 5.91 Å². The van der Waals surface area contributed by atoms with Gasteiger partial charge in [0.05, 0.1) is 13.0 Å². The molecule has 0 bridgehead atoms. The fourth-order valence-corrected chi connectivity index (χ4v) is 3.77. The Balaban J connectivity index is 1.51. The van der Waals surface area contributed by atoms with E-state index in [1.165, 1.54) is 16.5 Å². The summed E-state index contributed by atoms with van der Waals surface area (Å²) in [7, 11) is 0. The molecule has 3 rings (SSSR count). The van der Waals surface area contributed by atoms with Crippen LogP contribution in [0.25, 0.3) is 0 Å². The first-order chi connectivity index (χ1) is 14.9. The fraction of sp³-hybridized carbons (Fsp3) is 0.333. The van der Waals surface area contributed by atoms with Crippen LogP contribution in [-0.4, -0.2) is 53.5 Å². The van der Waals surface area contributed by atoms with Crippen molar-refractivity contribution in [1.29, 1.82) is 0 Å². The normalized spacial score (nSPS) is 15.8. The Morgan fingerprint density at radius 1 is 1.26 bits per heavy atom. The van der Waals surface area contributed by atoms with E-state index >= 15 is 0 Å². The van der Waals surface area contributed by atoms with E-state index in [9.17, 15) is 14.4 Å². The average molecular weight is 508 g/mol. The van der Waals surface area contributed by atoms with E-state index in [-0.39, 0.29) is 29.8 Å². The first-order valence-electron chi connectivity index (χ1n) is 9.78. The minimum absolute atomic E-state index is 0.0502. The molecule has 164 valence electrons. The average Bonchev–Trinajstić information content (AvgIpc) is 3.20. The summed E-state index contributed by atoms with van der Waals surface area (Å²) in [6, 6.07) is 12.1. The number of piperazine rings is 1. The predicted octanol–water partition coefficient (Wildman–Crippen LogP) is 2.42.